The number of likely N-dealkylation sites (N-methyl/N-ethyl adjacent to an activating group) is 1. The molecule has 0 saturated heterocycles. The van der Waals surface area contributed by atoms with Crippen molar-refractivity contribution in [3.8, 4) is 11.5 Å². The van der Waals surface area contributed by atoms with E-state index < -0.39 is 5.82 Å². The molecular formula is C28H38FNO3. The number of methoxy groups -OCH3 is 1. The first-order valence-corrected chi connectivity index (χ1v) is 11.3. The molecule has 0 bridgehead atoms. The lowest BCUT2D eigenvalue weighted by atomic mass is 9.78. The number of ketones is 1. The molecule has 0 atom stereocenters. The van der Waals surface area contributed by atoms with Crippen LogP contribution in [0.3, 0.4) is 0 Å². The highest BCUT2D eigenvalue weighted by atomic mass is 19.1. The molecule has 0 fully saturated rings. The van der Waals surface area contributed by atoms with Gasteiger partial charge >= 0.3 is 0 Å². The molecule has 5 heteroatoms. The summed E-state index contributed by atoms with van der Waals surface area (Å²) in [4.78, 5) is 15.4. The molecule has 4 nitrogen and oxygen atoms in total. The van der Waals surface area contributed by atoms with Gasteiger partial charge < -0.3 is 14.4 Å². The minimum absolute atomic E-state index is 0.150. The fourth-order valence-electron chi connectivity index (χ4n) is 3.31. The van der Waals surface area contributed by atoms with E-state index >= 15 is 0 Å². The summed E-state index contributed by atoms with van der Waals surface area (Å²) in [5.74, 6) is 0.365. The van der Waals surface area contributed by atoms with E-state index in [2.05, 4.69) is 47.6 Å². The second-order valence-corrected chi connectivity index (χ2v) is 10.6. The highest BCUT2D eigenvalue weighted by molar-refractivity contribution is 6.09. The van der Waals surface area contributed by atoms with Gasteiger partial charge in [0.05, 0.1) is 12.7 Å². The summed E-state index contributed by atoms with van der Waals surface area (Å²) in [6.07, 6.45) is 2.92. The Bertz CT molecular complexity index is 1010. The maximum atomic E-state index is 14.4. The molecule has 0 aliphatic heterocycles. The predicted octanol–water partition coefficient (Wildman–Crippen LogP) is 6.27. The molecule has 2 aromatic rings. The van der Waals surface area contributed by atoms with Crippen LogP contribution in [0.4, 0.5) is 4.39 Å². The third kappa shape index (κ3) is 7.16. The Hall–Kier alpha value is -2.66. The van der Waals surface area contributed by atoms with Crippen molar-refractivity contribution in [3.63, 3.8) is 0 Å². The van der Waals surface area contributed by atoms with Crippen molar-refractivity contribution in [2.45, 2.75) is 52.4 Å². The summed E-state index contributed by atoms with van der Waals surface area (Å²) in [6.45, 7) is 13.9. The molecule has 180 valence electrons. The van der Waals surface area contributed by atoms with Gasteiger partial charge in [0.2, 0.25) is 0 Å². The fourth-order valence-corrected chi connectivity index (χ4v) is 3.31. The molecule has 0 amide bonds. The third-order valence-electron chi connectivity index (χ3n) is 5.44. The summed E-state index contributed by atoms with van der Waals surface area (Å²) in [5, 5.41) is 0. The van der Waals surface area contributed by atoms with E-state index in [1.54, 1.807) is 12.1 Å². The summed E-state index contributed by atoms with van der Waals surface area (Å²) >= 11 is 0. The van der Waals surface area contributed by atoms with Crippen LogP contribution in [0, 0.1) is 5.82 Å². The molecule has 33 heavy (non-hydrogen) atoms. The third-order valence-corrected chi connectivity index (χ3v) is 5.44. The van der Waals surface area contributed by atoms with Crippen molar-refractivity contribution < 1.29 is 18.7 Å². The van der Waals surface area contributed by atoms with Gasteiger partial charge in [-0.25, -0.2) is 4.39 Å². The van der Waals surface area contributed by atoms with Gasteiger partial charge in [-0.2, -0.15) is 0 Å². The Balaban J connectivity index is 2.58. The first-order chi connectivity index (χ1) is 15.2. The largest absolute Gasteiger partial charge is 0.497 e. The van der Waals surface area contributed by atoms with Crippen LogP contribution in [-0.4, -0.2) is 45.0 Å². The zero-order valence-electron chi connectivity index (χ0n) is 21.5. The highest BCUT2D eigenvalue weighted by Crippen LogP contribution is 2.39. The van der Waals surface area contributed by atoms with E-state index in [1.807, 2.05) is 25.1 Å². The molecule has 0 saturated carbocycles. The minimum Gasteiger partial charge on any atom is -0.497 e. The number of halogens is 1. The van der Waals surface area contributed by atoms with Gasteiger partial charge in [-0.3, -0.25) is 4.79 Å². The van der Waals surface area contributed by atoms with Crippen LogP contribution in [0.2, 0.25) is 0 Å². The van der Waals surface area contributed by atoms with Crippen LogP contribution in [0.1, 0.15) is 68.6 Å². The standard InChI is InChI=1S/C28H38FNO3/c1-27(2,3)20-16-22(25(31)13-11-19-10-12-21(32-9)18-24(19)29)26(33-15-14-30(7)8)23(17-20)28(4,5)6/h10-13,16-18H,14-15H2,1-9H3. The van der Waals surface area contributed by atoms with E-state index in [9.17, 15) is 9.18 Å². The normalized spacial score (nSPS) is 12.5. The number of nitrogens with zero attached hydrogens (tertiary/aromatic N) is 1. The topological polar surface area (TPSA) is 38.8 Å². The number of allylic oxidation sites excluding steroid dienone is 1. The molecule has 2 rings (SSSR count). The first kappa shape index (κ1) is 26.6. The lowest BCUT2D eigenvalue weighted by molar-refractivity contribution is 0.104. The zero-order valence-corrected chi connectivity index (χ0v) is 21.5. The average molecular weight is 456 g/mol. The summed E-state index contributed by atoms with van der Waals surface area (Å²) in [5.41, 5.74) is 2.48. The first-order valence-electron chi connectivity index (χ1n) is 11.3. The maximum Gasteiger partial charge on any atom is 0.189 e. The molecule has 2 aromatic carbocycles. The number of carbonyl (C=O) groups is 1. The molecule has 0 radical (unpaired) electrons. The van der Waals surface area contributed by atoms with Crippen molar-refractivity contribution in [1.82, 2.24) is 4.90 Å². The SMILES string of the molecule is COc1ccc(C=CC(=O)c2cc(C(C)(C)C)cc(C(C)(C)C)c2OCCN(C)C)c(F)c1. The van der Waals surface area contributed by atoms with Crippen molar-refractivity contribution in [3.05, 3.63) is 64.5 Å². The average Bonchev–Trinajstić information content (AvgIpc) is 2.70. The quantitative estimate of drug-likeness (QED) is 0.348. The van der Waals surface area contributed by atoms with Gasteiger partial charge in [0.25, 0.3) is 0 Å². The lowest BCUT2D eigenvalue weighted by Gasteiger charge is -2.29. The van der Waals surface area contributed by atoms with Crippen LogP contribution in [0.25, 0.3) is 6.08 Å². The van der Waals surface area contributed by atoms with Gasteiger partial charge in [-0.1, -0.05) is 47.6 Å². The van der Waals surface area contributed by atoms with Gasteiger partial charge in [-0.15, -0.1) is 0 Å². The second-order valence-electron chi connectivity index (χ2n) is 10.6. The van der Waals surface area contributed by atoms with Crippen LogP contribution in [0.5, 0.6) is 11.5 Å². The smallest absolute Gasteiger partial charge is 0.189 e. The number of hydrogen-bond acceptors (Lipinski definition) is 4. The van der Waals surface area contributed by atoms with E-state index in [4.69, 9.17) is 9.47 Å². The summed E-state index contributed by atoms with van der Waals surface area (Å²) in [7, 11) is 5.45. The number of benzene rings is 2. The van der Waals surface area contributed by atoms with E-state index in [-0.39, 0.29) is 16.6 Å². The van der Waals surface area contributed by atoms with Gasteiger partial charge in [0, 0.05) is 23.7 Å². The van der Waals surface area contributed by atoms with E-state index in [0.29, 0.717) is 29.2 Å². The summed E-state index contributed by atoms with van der Waals surface area (Å²) in [6, 6.07) is 8.63. The molecule has 0 aliphatic rings. The number of ether oxygens (including phenoxy) is 2. The molecule has 0 N–H and O–H groups in total. The van der Waals surface area contributed by atoms with Crippen LogP contribution >= 0.6 is 0 Å². The van der Waals surface area contributed by atoms with Gasteiger partial charge in [-0.05, 0) is 60.8 Å². The van der Waals surface area contributed by atoms with Gasteiger partial charge in [0.15, 0.2) is 5.78 Å². The van der Waals surface area contributed by atoms with Crippen LogP contribution < -0.4 is 9.47 Å². The molecular weight excluding hydrogens is 417 g/mol. The summed E-state index contributed by atoms with van der Waals surface area (Å²) < 4.78 is 25.6. The van der Waals surface area contributed by atoms with Gasteiger partial charge in [0.1, 0.15) is 23.9 Å². The lowest BCUT2D eigenvalue weighted by Crippen LogP contribution is -2.23. The molecule has 0 unspecified atom stereocenters. The van der Waals surface area contributed by atoms with Crippen molar-refractivity contribution >= 4 is 11.9 Å². The Labute approximate surface area is 198 Å². The monoisotopic (exact) mass is 455 g/mol. The predicted molar refractivity (Wildman–Crippen MR) is 134 cm³/mol. The van der Waals surface area contributed by atoms with Crippen molar-refractivity contribution in [2.75, 3.05) is 34.4 Å². The molecule has 0 aliphatic carbocycles. The number of hydrogen-bond donors (Lipinski definition) is 0. The van der Waals surface area contributed by atoms with Crippen molar-refractivity contribution in [2.24, 2.45) is 0 Å². The number of carbonyl (C=O) groups excluding carboxylic acids is 1. The van der Waals surface area contributed by atoms with Crippen LogP contribution in [0.15, 0.2) is 36.4 Å². The minimum atomic E-state index is -0.445. The molecule has 0 aromatic heterocycles. The molecule has 0 spiro atoms. The second kappa shape index (κ2) is 10.5. The zero-order chi connectivity index (χ0) is 25.0. The number of rotatable bonds is 8. The Kier molecular flexibility index (Phi) is 8.47. The van der Waals surface area contributed by atoms with Crippen molar-refractivity contribution in [1.29, 1.82) is 0 Å². The van der Waals surface area contributed by atoms with Crippen LogP contribution in [-0.2, 0) is 10.8 Å². The fraction of sp³-hybridized carbons (Fsp3) is 0.464. The molecule has 0 heterocycles. The Morgan fingerprint density at radius 2 is 1.70 bits per heavy atom. The Morgan fingerprint density at radius 3 is 2.21 bits per heavy atom. The Morgan fingerprint density at radius 1 is 1.03 bits per heavy atom. The highest BCUT2D eigenvalue weighted by Gasteiger charge is 2.28. The maximum absolute atomic E-state index is 14.4. The van der Waals surface area contributed by atoms with E-state index in [1.165, 1.54) is 25.3 Å². The van der Waals surface area contributed by atoms with E-state index in [0.717, 1.165) is 17.7 Å².